The second-order valence-corrected chi connectivity index (χ2v) is 5.22. The van der Waals surface area contributed by atoms with E-state index in [1.54, 1.807) is 60.9 Å². The molecule has 0 aliphatic carbocycles. The van der Waals surface area contributed by atoms with Crippen molar-refractivity contribution in [1.82, 2.24) is 4.98 Å². The van der Waals surface area contributed by atoms with E-state index in [1.165, 1.54) is 12.3 Å². The minimum atomic E-state index is -0.278. The molecule has 6 heteroatoms. The summed E-state index contributed by atoms with van der Waals surface area (Å²) in [6.07, 6.45) is 6.03. The van der Waals surface area contributed by atoms with E-state index in [0.29, 0.717) is 28.1 Å². The summed E-state index contributed by atoms with van der Waals surface area (Å²) >= 11 is 5.82. The van der Waals surface area contributed by atoms with Gasteiger partial charge in [-0.2, -0.15) is 0 Å². The third-order valence-corrected chi connectivity index (χ3v) is 3.23. The van der Waals surface area contributed by atoms with Crippen molar-refractivity contribution in [1.29, 1.82) is 0 Å². The molecular weight excluding hydrogens is 328 g/mol. The largest absolute Gasteiger partial charge is 0.465 e. The van der Waals surface area contributed by atoms with Crippen LogP contribution in [0.3, 0.4) is 0 Å². The van der Waals surface area contributed by atoms with E-state index in [9.17, 15) is 4.79 Å². The molecule has 0 saturated carbocycles. The first-order valence-corrected chi connectivity index (χ1v) is 7.49. The van der Waals surface area contributed by atoms with E-state index in [-0.39, 0.29) is 5.91 Å². The van der Waals surface area contributed by atoms with Gasteiger partial charge in [0, 0.05) is 17.2 Å². The Balaban J connectivity index is 1.58. The number of nitrogens with one attached hydrogen (secondary N) is 1. The lowest BCUT2D eigenvalue weighted by molar-refractivity contribution is -0.111. The van der Waals surface area contributed by atoms with Crippen LogP contribution < -0.4 is 10.1 Å². The molecule has 1 N–H and O–H groups in total. The van der Waals surface area contributed by atoms with Crippen LogP contribution in [-0.4, -0.2) is 10.9 Å². The van der Waals surface area contributed by atoms with E-state index in [4.69, 9.17) is 20.8 Å². The monoisotopic (exact) mass is 340 g/mol. The van der Waals surface area contributed by atoms with Crippen LogP contribution in [0.1, 0.15) is 5.76 Å². The number of benzene rings is 1. The van der Waals surface area contributed by atoms with E-state index in [1.807, 2.05) is 0 Å². The van der Waals surface area contributed by atoms with Crippen LogP contribution in [0.15, 0.2) is 71.5 Å². The molecule has 0 atom stereocenters. The molecule has 24 heavy (non-hydrogen) atoms. The average molecular weight is 341 g/mol. The Bertz CT molecular complexity index is 826. The number of anilines is 1. The van der Waals surface area contributed by atoms with Crippen molar-refractivity contribution in [3.63, 3.8) is 0 Å². The zero-order chi connectivity index (χ0) is 16.8. The second kappa shape index (κ2) is 7.48. The maximum atomic E-state index is 11.8. The Kier molecular flexibility index (Phi) is 4.93. The van der Waals surface area contributed by atoms with Gasteiger partial charge in [0.15, 0.2) is 0 Å². The smallest absolute Gasteiger partial charge is 0.248 e. The van der Waals surface area contributed by atoms with Crippen molar-refractivity contribution < 1.29 is 13.9 Å². The first-order chi connectivity index (χ1) is 11.7. The van der Waals surface area contributed by atoms with E-state index >= 15 is 0 Å². The highest BCUT2D eigenvalue weighted by molar-refractivity contribution is 6.30. The van der Waals surface area contributed by atoms with Crippen molar-refractivity contribution >= 4 is 29.3 Å². The zero-order valence-corrected chi connectivity index (χ0v) is 13.2. The SMILES string of the molecule is O=C(/C=C/c1ccco1)Nc1ccc(Oc2ccc(Cl)cc2)nc1. The average Bonchev–Trinajstić information content (AvgIpc) is 3.10. The molecule has 0 spiro atoms. The molecule has 3 aromatic rings. The van der Waals surface area contributed by atoms with Crippen molar-refractivity contribution in [2.45, 2.75) is 0 Å². The minimum absolute atomic E-state index is 0.278. The molecule has 0 fully saturated rings. The Labute approximate surface area is 143 Å². The van der Waals surface area contributed by atoms with E-state index in [0.717, 1.165) is 0 Å². The van der Waals surface area contributed by atoms with Crippen molar-refractivity contribution in [3.8, 4) is 11.6 Å². The summed E-state index contributed by atoms with van der Waals surface area (Å²) in [5, 5.41) is 3.34. The molecule has 0 aliphatic rings. The van der Waals surface area contributed by atoms with Crippen LogP contribution in [0.25, 0.3) is 6.08 Å². The van der Waals surface area contributed by atoms with E-state index < -0.39 is 0 Å². The lowest BCUT2D eigenvalue weighted by Crippen LogP contribution is -2.07. The van der Waals surface area contributed by atoms with E-state index in [2.05, 4.69) is 10.3 Å². The summed E-state index contributed by atoms with van der Waals surface area (Å²) < 4.78 is 10.7. The van der Waals surface area contributed by atoms with Crippen LogP contribution in [0, 0.1) is 0 Å². The summed E-state index contributed by atoms with van der Waals surface area (Å²) in [5.74, 6) is 1.38. The standard InChI is InChI=1S/C18H13ClN2O3/c19-13-3-6-16(7-4-13)24-18-10-5-14(12-20-18)21-17(22)9-8-15-2-1-11-23-15/h1-12H,(H,21,22)/b9-8+. The van der Waals surface area contributed by atoms with Gasteiger partial charge >= 0.3 is 0 Å². The molecular formula is C18H13ClN2O3. The van der Waals surface area contributed by atoms with Gasteiger partial charge in [-0.15, -0.1) is 0 Å². The molecule has 0 saturated heterocycles. The van der Waals surface area contributed by atoms with Gasteiger partial charge in [-0.05, 0) is 48.5 Å². The number of rotatable bonds is 5. The summed E-state index contributed by atoms with van der Waals surface area (Å²) in [6, 6.07) is 13.8. The highest BCUT2D eigenvalue weighted by Gasteiger charge is 2.02. The number of hydrogen-bond acceptors (Lipinski definition) is 4. The van der Waals surface area contributed by atoms with Crippen LogP contribution >= 0.6 is 11.6 Å². The van der Waals surface area contributed by atoms with Crippen LogP contribution in [0.2, 0.25) is 5.02 Å². The second-order valence-electron chi connectivity index (χ2n) is 4.78. The molecule has 120 valence electrons. The molecule has 3 rings (SSSR count). The molecule has 1 aromatic carbocycles. The fourth-order valence-electron chi connectivity index (χ4n) is 1.87. The maximum Gasteiger partial charge on any atom is 0.248 e. The minimum Gasteiger partial charge on any atom is -0.465 e. The van der Waals surface area contributed by atoms with Crippen LogP contribution in [0.5, 0.6) is 11.6 Å². The normalized spacial score (nSPS) is 10.7. The predicted octanol–water partition coefficient (Wildman–Crippen LogP) is 4.77. The topological polar surface area (TPSA) is 64.4 Å². The number of halogens is 1. The van der Waals surface area contributed by atoms with Gasteiger partial charge in [0.05, 0.1) is 18.1 Å². The van der Waals surface area contributed by atoms with Crippen LogP contribution in [-0.2, 0) is 4.79 Å². The Hall–Kier alpha value is -3.05. The molecule has 0 aliphatic heterocycles. The number of hydrogen-bond donors (Lipinski definition) is 1. The fourth-order valence-corrected chi connectivity index (χ4v) is 1.99. The van der Waals surface area contributed by atoms with Gasteiger partial charge in [0.2, 0.25) is 11.8 Å². The van der Waals surface area contributed by atoms with Crippen LogP contribution in [0.4, 0.5) is 5.69 Å². The molecule has 2 heterocycles. The zero-order valence-electron chi connectivity index (χ0n) is 12.5. The summed E-state index contributed by atoms with van der Waals surface area (Å²) in [5.41, 5.74) is 0.563. The lowest BCUT2D eigenvalue weighted by Gasteiger charge is -2.06. The summed E-state index contributed by atoms with van der Waals surface area (Å²) in [4.78, 5) is 16.0. The van der Waals surface area contributed by atoms with Gasteiger partial charge in [-0.25, -0.2) is 4.98 Å². The molecule has 0 unspecified atom stereocenters. The Morgan fingerprint density at radius 1 is 1.17 bits per heavy atom. The number of carbonyl (C=O) groups is 1. The van der Waals surface area contributed by atoms with Crippen molar-refractivity contribution in [2.24, 2.45) is 0 Å². The van der Waals surface area contributed by atoms with Crippen molar-refractivity contribution in [3.05, 3.63) is 77.8 Å². The fraction of sp³-hybridized carbons (Fsp3) is 0. The highest BCUT2D eigenvalue weighted by atomic mass is 35.5. The molecule has 5 nitrogen and oxygen atoms in total. The quantitative estimate of drug-likeness (QED) is 0.679. The van der Waals surface area contributed by atoms with Gasteiger partial charge in [-0.1, -0.05) is 11.6 Å². The number of carbonyl (C=O) groups excluding carboxylic acids is 1. The lowest BCUT2D eigenvalue weighted by atomic mass is 10.3. The Morgan fingerprint density at radius 2 is 2.00 bits per heavy atom. The number of furan rings is 1. The Morgan fingerprint density at radius 3 is 2.67 bits per heavy atom. The number of nitrogens with zero attached hydrogens (tertiary/aromatic N) is 1. The predicted molar refractivity (Wildman–Crippen MR) is 92.1 cm³/mol. The van der Waals surface area contributed by atoms with Gasteiger partial charge in [0.1, 0.15) is 11.5 Å². The summed E-state index contributed by atoms with van der Waals surface area (Å²) in [6.45, 7) is 0. The third kappa shape index (κ3) is 4.47. The molecule has 0 bridgehead atoms. The molecule has 1 amide bonds. The molecule has 2 aromatic heterocycles. The number of pyridine rings is 1. The first-order valence-electron chi connectivity index (χ1n) is 7.11. The van der Waals surface area contributed by atoms with Gasteiger partial charge in [0.25, 0.3) is 0 Å². The third-order valence-electron chi connectivity index (χ3n) is 2.98. The van der Waals surface area contributed by atoms with Gasteiger partial charge in [-0.3, -0.25) is 4.79 Å². The number of ether oxygens (including phenoxy) is 1. The number of amides is 1. The molecule has 0 radical (unpaired) electrons. The van der Waals surface area contributed by atoms with Gasteiger partial charge < -0.3 is 14.5 Å². The maximum absolute atomic E-state index is 11.8. The van der Waals surface area contributed by atoms with Crippen molar-refractivity contribution in [2.75, 3.05) is 5.32 Å². The highest BCUT2D eigenvalue weighted by Crippen LogP contribution is 2.22. The number of aromatic nitrogens is 1. The summed E-state index contributed by atoms with van der Waals surface area (Å²) in [7, 11) is 0. The first kappa shape index (κ1) is 15.8.